The summed E-state index contributed by atoms with van der Waals surface area (Å²) in [5.74, 6) is 0.304. The molecule has 3 aromatic heterocycles. The molecule has 3 heterocycles. The third-order valence-electron chi connectivity index (χ3n) is 4.00. The van der Waals surface area contributed by atoms with E-state index in [-0.39, 0.29) is 5.97 Å². The molecule has 0 saturated heterocycles. The minimum atomic E-state index is -0.386. The van der Waals surface area contributed by atoms with E-state index in [1.165, 1.54) is 31.7 Å². The van der Waals surface area contributed by atoms with Gasteiger partial charge in [0.15, 0.2) is 5.65 Å². The Kier molecular flexibility index (Phi) is 3.45. The molecular weight excluding hydrogens is 360 g/mol. The van der Waals surface area contributed by atoms with Gasteiger partial charge in [-0.05, 0) is 46.3 Å². The number of halogens is 1. The average Bonchev–Trinajstić information content (AvgIpc) is 3.16. The second kappa shape index (κ2) is 5.49. The molecular formula is C16H15BrN4O2. The normalized spacial score (nSPS) is 14.3. The van der Waals surface area contributed by atoms with Crippen molar-refractivity contribution in [1.82, 2.24) is 19.2 Å². The summed E-state index contributed by atoms with van der Waals surface area (Å²) in [5, 5.41) is 4.18. The van der Waals surface area contributed by atoms with Crippen molar-refractivity contribution in [1.29, 1.82) is 0 Å². The lowest BCUT2D eigenvalue weighted by atomic mass is 10.2. The topological polar surface area (TPSA) is 61.4 Å². The van der Waals surface area contributed by atoms with Gasteiger partial charge in [-0.2, -0.15) is 5.10 Å². The maximum atomic E-state index is 11.5. The van der Waals surface area contributed by atoms with E-state index in [0.29, 0.717) is 18.0 Å². The second-order valence-corrected chi connectivity index (χ2v) is 6.63. The fourth-order valence-corrected chi connectivity index (χ4v) is 3.24. The molecule has 118 valence electrons. The SMILES string of the molecule is COC(=O)c1cnn(Cc2cn3cc(C4CC4)cc(Br)c3n2)c1. The van der Waals surface area contributed by atoms with Gasteiger partial charge in [-0.25, -0.2) is 9.78 Å². The van der Waals surface area contributed by atoms with Gasteiger partial charge in [0.2, 0.25) is 0 Å². The number of pyridine rings is 1. The van der Waals surface area contributed by atoms with Crippen LogP contribution in [0.2, 0.25) is 0 Å². The van der Waals surface area contributed by atoms with E-state index >= 15 is 0 Å². The largest absolute Gasteiger partial charge is 0.465 e. The maximum absolute atomic E-state index is 11.5. The van der Waals surface area contributed by atoms with Crippen molar-refractivity contribution in [2.24, 2.45) is 0 Å². The van der Waals surface area contributed by atoms with Crippen molar-refractivity contribution in [3.63, 3.8) is 0 Å². The number of nitrogens with zero attached hydrogens (tertiary/aromatic N) is 4. The quantitative estimate of drug-likeness (QED) is 0.658. The molecule has 0 spiro atoms. The van der Waals surface area contributed by atoms with Gasteiger partial charge in [-0.3, -0.25) is 4.68 Å². The lowest BCUT2D eigenvalue weighted by molar-refractivity contribution is 0.0600. The molecule has 0 aliphatic heterocycles. The molecule has 0 aromatic carbocycles. The van der Waals surface area contributed by atoms with E-state index < -0.39 is 0 Å². The first-order valence-electron chi connectivity index (χ1n) is 7.42. The highest BCUT2D eigenvalue weighted by atomic mass is 79.9. The lowest BCUT2D eigenvalue weighted by Crippen LogP contribution is -2.01. The number of hydrogen-bond donors (Lipinski definition) is 0. The molecule has 1 fully saturated rings. The number of rotatable bonds is 4. The predicted molar refractivity (Wildman–Crippen MR) is 87.5 cm³/mol. The van der Waals surface area contributed by atoms with Crippen LogP contribution in [0, 0.1) is 0 Å². The molecule has 1 saturated carbocycles. The van der Waals surface area contributed by atoms with Gasteiger partial charge in [-0.15, -0.1) is 0 Å². The summed E-state index contributed by atoms with van der Waals surface area (Å²) >= 11 is 3.61. The Morgan fingerprint density at radius 1 is 1.39 bits per heavy atom. The van der Waals surface area contributed by atoms with Crippen LogP contribution in [0.3, 0.4) is 0 Å². The number of esters is 1. The van der Waals surface area contributed by atoms with Crippen LogP contribution in [-0.2, 0) is 11.3 Å². The van der Waals surface area contributed by atoms with Gasteiger partial charge in [0.25, 0.3) is 0 Å². The van der Waals surface area contributed by atoms with E-state index in [2.05, 4.69) is 47.4 Å². The van der Waals surface area contributed by atoms with E-state index in [0.717, 1.165) is 15.8 Å². The molecule has 4 rings (SSSR count). The van der Waals surface area contributed by atoms with Gasteiger partial charge in [0, 0.05) is 18.6 Å². The van der Waals surface area contributed by atoms with Gasteiger partial charge in [-0.1, -0.05) is 0 Å². The molecule has 7 heteroatoms. The van der Waals surface area contributed by atoms with Gasteiger partial charge < -0.3 is 9.14 Å². The molecule has 1 aliphatic carbocycles. The first-order valence-corrected chi connectivity index (χ1v) is 8.21. The van der Waals surface area contributed by atoms with Crippen LogP contribution in [0.15, 0.2) is 35.3 Å². The van der Waals surface area contributed by atoms with E-state index in [9.17, 15) is 4.79 Å². The molecule has 0 radical (unpaired) electrons. The van der Waals surface area contributed by atoms with Crippen LogP contribution >= 0.6 is 15.9 Å². The van der Waals surface area contributed by atoms with Crippen LogP contribution in [0.25, 0.3) is 5.65 Å². The van der Waals surface area contributed by atoms with Crippen LogP contribution in [0.4, 0.5) is 0 Å². The van der Waals surface area contributed by atoms with Crippen LogP contribution in [-0.4, -0.2) is 32.2 Å². The Balaban J connectivity index is 1.62. The number of aromatic nitrogens is 4. The van der Waals surface area contributed by atoms with Crippen molar-refractivity contribution >= 4 is 27.5 Å². The summed E-state index contributed by atoms with van der Waals surface area (Å²) in [7, 11) is 1.36. The maximum Gasteiger partial charge on any atom is 0.341 e. The highest BCUT2D eigenvalue weighted by Gasteiger charge is 2.24. The first-order chi connectivity index (χ1) is 11.1. The number of methoxy groups -OCH3 is 1. The Labute approximate surface area is 141 Å². The zero-order valence-corrected chi connectivity index (χ0v) is 14.2. The molecule has 0 amide bonds. The number of imidazole rings is 1. The van der Waals surface area contributed by atoms with Crippen molar-refractivity contribution in [2.75, 3.05) is 7.11 Å². The summed E-state index contributed by atoms with van der Waals surface area (Å²) in [6, 6.07) is 2.16. The Morgan fingerprint density at radius 2 is 2.22 bits per heavy atom. The smallest absolute Gasteiger partial charge is 0.341 e. The Bertz CT molecular complexity index is 895. The first kappa shape index (κ1) is 14.4. The summed E-state index contributed by atoms with van der Waals surface area (Å²) in [5.41, 5.74) is 3.57. The summed E-state index contributed by atoms with van der Waals surface area (Å²) in [4.78, 5) is 16.1. The Hall–Kier alpha value is -2.15. The monoisotopic (exact) mass is 374 g/mol. The summed E-state index contributed by atoms with van der Waals surface area (Å²) < 4.78 is 9.43. The molecule has 0 bridgehead atoms. The van der Waals surface area contributed by atoms with Crippen molar-refractivity contribution in [3.05, 3.63) is 52.1 Å². The zero-order valence-electron chi connectivity index (χ0n) is 12.6. The number of fused-ring (bicyclic) bond motifs is 1. The standard InChI is InChI=1S/C16H15BrN4O2/c1-23-16(22)12-5-18-21(7-12)9-13-8-20-6-11(10-2-3-10)4-14(17)15(20)19-13/h4-8,10H,2-3,9H2,1H3. The number of hydrogen-bond acceptors (Lipinski definition) is 4. The molecule has 0 N–H and O–H groups in total. The molecule has 6 nitrogen and oxygen atoms in total. The minimum Gasteiger partial charge on any atom is -0.465 e. The van der Waals surface area contributed by atoms with Crippen LogP contribution in [0.1, 0.15) is 40.4 Å². The fourth-order valence-electron chi connectivity index (χ4n) is 2.68. The second-order valence-electron chi connectivity index (χ2n) is 5.78. The van der Waals surface area contributed by atoms with E-state index in [4.69, 9.17) is 0 Å². The highest BCUT2D eigenvalue weighted by Crippen LogP contribution is 2.41. The number of ether oxygens (including phenoxy) is 1. The third-order valence-corrected chi connectivity index (χ3v) is 4.59. The average molecular weight is 375 g/mol. The Morgan fingerprint density at radius 3 is 2.96 bits per heavy atom. The molecule has 23 heavy (non-hydrogen) atoms. The van der Waals surface area contributed by atoms with Gasteiger partial charge in [0.1, 0.15) is 0 Å². The molecule has 0 unspecified atom stereocenters. The van der Waals surface area contributed by atoms with Crippen molar-refractivity contribution < 1.29 is 9.53 Å². The molecule has 3 aromatic rings. The number of carbonyl (C=O) groups is 1. The van der Waals surface area contributed by atoms with Gasteiger partial charge in [0.05, 0.1) is 35.6 Å². The minimum absolute atomic E-state index is 0.386. The summed E-state index contributed by atoms with van der Waals surface area (Å²) in [6.07, 6.45) is 9.86. The predicted octanol–water partition coefficient (Wildman–Crippen LogP) is 3.01. The fraction of sp³-hybridized carbons (Fsp3) is 0.312. The zero-order chi connectivity index (χ0) is 16.0. The van der Waals surface area contributed by atoms with Gasteiger partial charge >= 0.3 is 5.97 Å². The third kappa shape index (κ3) is 2.76. The van der Waals surface area contributed by atoms with E-state index in [1.54, 1.807) is 10.9 Å². The van der Waals surface area contributed by atoms with Crippen molar-refractivity contribution in [3.8, 4) is 0 Å². The highest BCUT2D eigenvalue weighted by molar-refractivity contribution is 9.10. The lowest BCUT2D eigenvalue weighted by Gasteiger charge is -2.01. The van der Waals surface area contributed by atoms with Crippen LogP contribution in [0.5, 0.6) is 0 Å². The number of carbonyl (C=O) groups excluding carboxylic acids is 1. The van der Waals surface area contributed by atoms with Crippen molar-refractivity contribution in [2.45, 2.75) is 25.3 Å². The molecule has 0 atom stereocenters. The van der Waals surface area contributed by atoms with E-state index in [1.807, 2.05) is 6.20 Å². The molecule has 1 aliphatic rings. The van der Waals surface area contributed by atoms with Crippen LogP contribution < -0.4 is 0 Å². The summed E-state index contributed by atoms with van der Waals surface area (Å²) in [6.45, 7) is 0.504.